The van der Waals surface area contributed by atoms with Crippen LogP contribution in [0.3, 0.4) is 0 Å². The zero-order valence-electron chi connectivity index (χ0n) is 14.4. The first-order valence-electron chi connectivity index (χ1n) is 9.12. The van der Waals surface area contributed by atoms with E-state index in [1.54, 1.807) is 10.6 Å². The van der Waals surface area contributed by atoms with Crippen molar-refractivity contribution >= 4 is 21.9 Å². The Hall–Kier alpha value is -2.92. The van der Waals surface area contributed by atoms with E-state index < -0.39 is 0 Å². The van der Waals surface area contributed by atoms with E-state index in [1.807, 2.05) is 36.4 Å². The zero-order chi connectivity index (χ0) is 17.5. The summed E-state index contributed by atoms with van der Waals surface area (Å²) in [7, 11) is 0. The minimum Gasteiger partial charge on any atom is -0.323 e. The molecule has 0 saturated carbocycles. The summed E-state index contributed by atoms with van der Waals surface area (Å²) in [6.45, 7) is 2.07. The summed E-state index contributed by atoms with van der Waals surface area (Å²) in [5.41, 5.74) is 3.98. The van der Waals surface area contributed by atoms with E-state index in [-0.39, 0.29) is 5.56 Å². The fourth-order valence-corrected chi connectivity index (χ4v) is 4.00. The number of para-hydroxylation sites is 2. The molecule has 2 N–H and O–H groups in total. The quantitative estimate of drug-likeness (QED) is 0.586. The summed E-state index contributed by atoms with van der Waals surface area (Å²) in [5, 5.41) is 4.49. The van der Waals surface area contributed by atoms with E-state index in [9.17, 15) is 4.79 Å². The summed E-state index contributed by atoms with van der Waals surface area (Å²) < 4.78 is 1.66. The van der Waals surface area contributed by atoms with Crippen molar-refractivity contribution in [1.82, 2.24) is 19.9 Å². The van der Waals surface area contributed by atoms with Crippen molar-refractivity contribution in [3.63, 3.8) is 0 Å². The van der Waals surface area contributed by atoms with Gasteiger partial charge in [-0.05, 0) is 54.5 Å². The molecule has 26 heavy (non-hydrogen) atoms. The van der Waals surface area contributed by atoms with Gasteiger partial charge < -0.3 is 10.3 Å². The minimum atomic E-state index is -0.0800. The molecule has 1 fully saturated rings. The molecule has 5 heteroatoms. The minimum absolute atomic E-state index is 0.0800. The van der Waals surface area contributed by atoms with Crippen molar-refractivity contribution < 1.29 is 0 Å². The van der Waals surface area contributed by atoms with E-state index in [4.69, 9.17) is 4.98 Å². The van der Waals surface area contributed by atoms with Crippen LogP contribution in [0.25, 0.3) is 27.9 Å². The maximum Gasteiger partial charge on any atom is 0.257 e. The number of imidazole rings is 1. The third-order valence-corrected chi connectivity index (χ3v) is 5.28. The Labute approximate surface area is 150 Å². The second-order valence-corrected chi connectivity index (χ2v) is 6.91. The van der Waals surface area contributed by atoms with Gasteiger partial charge in [-0.25, -0.2) is 9.55 Å². The lowest BCUT2D eigenvalue weighted by Gasteiger charge is -2.23. The number of nitrogens with zero attached hydrogens (tertiary/aromatic N) is 2. The van der Waals surface area contributed by atoms with Crippen LogP contribution >= 0.6 is 0 Å². The Balaban J connectivity index is 1.72. The lowest BCUT2D eigenvalue weighted by atomic mass is 9.91. The van der Waals surface area contributed by atoms with Gasteiger partial charge in [0.2, 0.25) is 5.95 Å². The molecule has 3 heterocycles. The topological polar surface area (TPSA) is 62.7 Å². The monoisotopic (exact) mass is 344 g/mol. The Kier molecular flexibility index (Phi) is 3.60. The number of hydrogen-bond acceptors (Lipinski definition) is 3. The molecule has 0 radical (unpaired) electrons. The number of fused-ring (bicyclic) bond motifs is 2. The Morgan fingerprint density at radius 3 is 2.85 bits per heavy atom. The molecule has 1 unspecified atom stereocenters. The number of aromatic nitrogens is 3. The molecule has 0 aliphatic carbocycles. The van der Waals surface area contributed by atoms with Crippen LogP contribution in [0.15, 0.2) is 59.4 Å². The van der Waals surface area contributed by atoms with Crippen LogP contribution in [-0.4, -0.2) is 27.6 Å². The van der Waals surface area contributed by atoms with Crippen molar-refractivity contribution in [1.29, 1.82) is 0 Å². The van der Waals surface area contributed by atoms with Crippen molar-refractivity contribution in [2.45, 2.75) is 18.8 Å². The molecule has 2 aromatic heterocycles. The maximum atomic E-state index is 12.6. The number of pyridine rings is 1. The van der Waals surface area contributed by atoms with E-state index in [2.05, 4.69) is 22.4 Å². The van der Waals surface area contributed by atoms with Crippen LogP contribution in [0.4, 0.5) is 0 Å². The van der Waals surface area contributed by atoms with E-state index in [1.165, 1.54) is 18.4 Å². The van der Waals surface area contributed by atoms with Gasteiger partial charge in [-0.2, -0.15) is 0 Å². The van der Waals surface area contributed by atoms with Gasteiger partial charge in [0.15, 0.2) is 0 Å². The first-order chi connectivity index (χ1) is 12.8. The van der Waals surface area contributed by atoms with Crippen molar-refractivity contribution in [2.24, 2.45) is 0 Å². The molecule has 1 aliphatic heterocycles. The average Bonchev–Trinajstić information content (AvgIpc) is 3.12. The number of benzene rings is 2. The molecular formula is C21H20N4O. The van der Waals surface area contributed by atoms with E-state index in [0.29, 0.717) is 11.9 Å². The summed E-state index contributed by atoms with van der Waals surface area (Å²) >= 11 is 0. The van der Waals surface area contributed by atoms with Crippen molar-refractivity contribution in [2.75, 3.05) is 13.1 Å². The third-order valence-electron chi connectivity index (χ3n) is 5.28. The molecule has 2 aromatic carbocycles. The van der Waals surface area contributed by atoms with Gasteiger partial charge in [-0.1, -0.05) is 30.3 Å². The number of rotatable bonds is 2. The first kappa shape index (κ1) is 15.3. The predicted octanol–water partition coefficient (Wildman–Crippen LogP) is 3.33. The molecule has 130 valence electrons. The van der Waals surface area contributed by atoms with Gasteiger partial charge in [0.25, 0.3) is 5.56 Å². The van der Waals surface area contributed by atoms with E-state index >= 15 is 0 Å². The molecule has 5 nitrogen and oxygen atoms in total. The second kappa shape index (κ2) is 6.11. The van der Waals surface area contributed by atoms with Gasteiger partial charge in [0.1, 0.15) is 0 Å². The van der Waals surface area contributed by atoms with Gasteiger partial charge in [-0.15, -0.1) is 0 Å². The fourth-order valence-electron chi connectivity index (χ4n) is 4.00. The van der Waals surface area contributed by atoms with Gasteiger partial charge in [0, 0.05) is 12.6 Å². The van der Waals surface area contributed by atoms with Crippen molar-refractivity contribution in [3.05, 3.63) is 70.5 Å². The van der Waals surface area contributed by atoms with Crippen LogP contribution in [0.5, 0.6) is 0 Å². The molecule has 4 aromatic rings. The summed E-state index contributed by atoms with van der Waals surface area (Å²) in [6.07, 6.45) is 2.35. The molecule has 0 spiro atoms. The molecule has 1 atom stereocenters. The van der Waals surface area contributed by atoms with Crippen LogP contribution in [0.1, 0.15) is 24.3 Å². The number of aromatic amines is 1. The fraction of sp³-hybridized carbons (Fsp3) is 0.238. The highest BCUT2D eigenvalue weighted by atomic mass is 16.1. The van der Waals surface area contributed by atoms with E-state index in [0.717, 1.165) is 35.0 Å². The number of H-pyrrole nitrogens is 1. The zero-order valence-corrected chi connectivity index (χ0v) is 14.4. The van der Waals surface area contributed by atoms with Crippen LogP contribution in [-0.2, 0) is 0 Å². The van der Waals surface area contributed by atoms with Gasteiger partial charge >= 0.3 is 0 Å². The first-order valence-corrected chi connectivity index (χ1v) is 9.12. The maximum absolute atomic E-state index is 12.6. The number of nitrogens with one attached hydrogen (secondary N) is 2. The molecular weight excluding hydrogens is 324 g/mol. The molecule has 0 bridgehead atoms. The van der Waals surface area contributed by atoms with Gasteiger partial charge in [0.05, 0.1) is 16.6 Å². The number of piperidine rings is 1. The molecule has 1 saturated heterocycles. The Morgan fingerprint density at radius 2 is 1.96 bits per heavy atom. The van der Waals surface area contributed by atoms with Crippen LogP contribution < -0.4 is 10.9 Å². The predicted molar refractivity (Wildman–Crippen MR) is 104 cm³/mol. The SMILES string of the molecule is O=c1ccc2ccccc2n1-c1nc2c(C3CCCNC3)cccc2[nH]1. The standard InChI is InChI=1S/C21H20N4O/c26-19-11-10-14-5-1-2-9-18(14)25(19)21-23-17-8-3-7-16(20(17)24-21)15-6-4-12-22-13-15/h1-3,5,7-11,15,22H,4,6,12-13H2,(H,23,24). The second-order valence-electron chi connectivity index (χ2n) is 6.91. The Bertz CT molecular complexity index is 1150. The summed E-state index contributed by atoms with van der Waals surface area (Å²) in [4.78, 5) is 20.8. The van der Waals surface area contributed by atoms with Gasteiger partial charge in [-0.3, -0.25) is 4.79 Å². The lowest BCUT2D eigenvalue weighted by molar-refractivity contribution is 0.463. The third kappa shape index (κ3) is 2.44. The molecule has 0 amide bonds. The highest BCUT2D eigenvalue weighted by Gasteiger charge is 2.20. The largest absolute Gasteiger partial charge is 0.323 e. The average molecular weight is 344 g/mol. The molecule has 1 aliphatic rings. The highest BCUT2D eigenvalue weighted by Crippen LogP contribution is 2.29. The summed E-state index contributed by atoms with van der Waals surface area (Å²) in [5.74, 6) is 1.05. The molecule has 5 rings (SSSR count). The Morgan fingerprint density at radius 1 is 1.04 bits per heavy atom. The number of hydrogen-bond donors (Lipinski definition) is 2. The van der Waals surface area contributed by atoms with Crippen molar-refractivity contribution in [3.8, 4) is 5.95 Å². The normalized spacial score (nSPS) is 17.8. The lowest BCUT2D eigenvalue weighted by Crippen LogP contribution is -2.28. The van der Waals surface area contributed by atoms with Crippen LogP contribution in [0, 0.1) is 0 Å². The summed E-state index contributed by atoms with van der Waals surface area (Å²) in [6, 6.07) is 17.6. The highest BCUT2D eigenvalue weighted by molar-refractivity contribution is 5.83. The van der Waals surface area contributed by atoms with Crippen LogP contribution in [0.2, 0.25) is 0 Å². The smallest absolute Gasteiger partial charge is 0.257 e.